The van der Waals surface area contributed by atoms with Crippen molar-refractivity contribution in [2.45, 2.75) is 6.42 Å². The fourth-order valence-corrected chi connectivity index (χ4v) is 2.76. The van der Waals surface area contributed by atoms with E-state index < -0.39 is 0 Å². The maximum atomic E-state index is 4.42. The molecule has 0 saturated heterocycles. The van der Waals surface area contributed by atoms with Crippen LogP contribution in [0.4, 0.5) is 0 Å². The molecule has 0 aliphatic carbocycles. The number of aromatic nitrogens is 1. The van der Waals surface area contributed by atoms with Gasteiger partial charge in [0.05, 0.1) is 5.35 Å². The van der Waals surface area contributed by atoms with Crippen LogP contribution >= 0.6 is 11.8 Å². The van der Waals surface area contributed by atoms with Crippen LogP contribution < -0.4 is 10.6 Å². The molecule has 0 N–H and O–H groups in total. The molecule has 0 aromatic carbocycles. The predicted octanol–water partition coefficient (Wildman–Crippen LogP) is 2.30. The molecular weight excluding hydrogens is 252 g/mol. The standard InChI is InChI=1S/C16H12N2S/c1-12-11-14-6-4-10-17-15(14)8-7-13-5-2-3-9-18-16(13)19-12/h2-6,8,10-11H,1,7H2/b14-11-,15-8+. The first-order valence-electron chi connectivity index (χ1n) is 6.02. The van der Waals surface area contributed by atoms with Gasteiger partial charge >= 0.3 is 0 Å². The molecule has 0 spiro atoms. The largest absolute Gasteiger partial charge is 0.257 e. The molecule has 3 heteroatoms. The van der Waals surface area contributed by atoms with Gasteiger partial charge in [0.15, 0.2) is 0 Å². The van der Waals surface area contributed by atoms with E-state index in [0.29, 0.717) is 0 Å². The van der Waals surface area contributed by atoms with Crippen LogP contribution in [-0.2, 0) is 0 Å². The molecule has 2 aliphatic rings. The number of thioether (sulfide) groups is 1. The molecule has 0 fully saturated rings. The van der Waals surface area contributed by atoms with Crippen molar-refractivity contribution < 1.29 is 0 Å². The number of aliphatic imine (C=N–C) groups is 1. The van der Waals surface area contributed by atoms with Gasteiger partial charge in [-0.1, -0.05) is 42.6 Å². The highest BCUT2D eigenvalue weighted by Gasteiger charge is 2.07. The van der Waals surface area contributed by atoms with E-state index in [1.54, 1.807) is 11.8 Å². The van der Waals surface area contributed by atoms with Gasteiger partial charge in [0.2, 0.25) is 0 Å². The summed E-state index contributed by atoms with van der Waals surface area (Å²) in [6, 6.07) is 4.00. The zero-order valence-electron chi connectivity index (χ0n) is 10.3. The smallest absolute Gasteiger partial charge is 0.114 e. The Balaban J connectivity index is 2.18. The molecule has 0 unspecified atom stereocenters. The number of allylic oxidation sites excluding steroid dienone is 5. The predicted molar refractivity (Wildman–Crippen MR) is 81.9 cm³/mol. The van der Waals surface area contributed by atoms with Gasteiger partial charge in [0, 0.05) is 16.3 Å². The first kappa shape index (κ1) is 12.0. The summed E-state index contributed by atoms with van der Waals surface area (Å²) in [4.78, 5) is 9.73. The van der Waals surface area contributed by atoms with Crippen molar-refractivity contribution in [2.24, 2.45) is 4.99 Å². The zero-order chi connectivity index (χ0) is 13.1. The topological polar surface area (TPSA) is 25.2 Å². The van der Waals surface area contributed by atoms with Crippen LogP contribution in [0.25, 0.3) is 12.2 Å². The zero-order valence-corrected chi connectivity index (χ0v) is 11.2. The lowest BCUT2D eigenvalue weighted by molar-refractivity contribution is 1.19. The second-order valence-corrected chi connectivity index (χ2v) is 5.31. The third kappa shape index (κ3) is 2.68. The minimum absolute atomic E-state index is 0.809. The number of rotatable bonds is 0. The van der Waals surface area contributed by atoms with Crippen LogP contribution in [0.5, 0.6) is 0 Å². The quantitative estimate of drug-likeness (QED) is 0.718. The van der Waals surface area contributed by atoms with Crippen molar-refractivity contribution in [1.82, 2.24) is 4.98 Å². The van der Waals surface area contributed by atoms with Gasteiger partial charge in [-0.25, -0.2) is 0 Å². The van der Waals surface area contributed by atoms with Crippen LogP contribution in [0.3, 0.4) is 0 Å². The van der Waals surface area contributed by atoms with E-state index in [1.165, 1.54) is 5.57 Å². The molecule has 92 valence electrons. The lowest BCUT2D eigenvalue weighted by Crippen LogP contribution is -2.27. The molecule has 0 atom stereocenters. The summed E-state index contributed by atoms with van der Waals surface area (Å²) in [5.41, 5.74) is 1.17. The number of pyridine rings is 1. The molecule has 0 saturated carbocycles. The fourth-order valence-electron chi connectivity index (χ4n) is 1.95. The summed E-state index contributed by atoms with van der Waals surface area (Å²) in [6.45, 7) is 4.09. The van der Waals surface area contributed by atoms with Gasteiger partial charge in [0.1, 0.15) is 5.03 Å². The van der Waals surface area contributed by atoms with Gasteiger partial charge < -0.3 is 0 Å². The first-order valence-corrected chi connectivity index (χ1v) is 6.83. The molecule has 2 aliphatic heterocycles. The third-order valence-electron chi connectivity index (χ3n) is 2.84. The van der Waals surface area contributed by atoms with Gasteiger partial charge in [-0.05, 0) is 36.1 Å². The Morgan fingerprint density at radius 2 is 2.32 bits per heavy atom. The Morgan fingerprint density at radius 1 is 1.37 bits per heavy atom. The van der Waals surface area contributed by atoms with E-state index in [2.05, 4.69) is 40.6 Å². The molecule has 0 bridgehead atoms. The number of fused-ring (bicyclic) bond motifs is 1. The van der Waals surface area contributed by atoms with Crippen molar-refractivity contribution >= 4 is 29.8 Å². The average Bonchev–Trinajstić information content (AvgIpc) is 2.59. The van der Waals surface area contributed by atoms with E-state index >= 15 is 0 Å². The Hall–Kier alpha value is -2.09. The van der Waals surface area contributed by atoms with E-state index in [-0.39, 0.29) is 0 Å². The molecule has 3 heterocycles. The highest BCUT2D eigenvalue weighted by atomic mass is 32.2. The SMILES string of the molecule is C=C1/C=c2/cccn/c2=C/CC2=C(N=C=CC=C2)S1. The third-order valence-corrected chi connectivity index (χ3v) is 3.77. The highest BCUT2D eigenvalue weighted by molar-refractivity contribution is 8.07. The summed E-state index contributed by atoms with van der Waals surface area (Å²) in [5.74, 6) is 2.91. The second-order valence-electron chi connectivity index (χ2n) is 4.20. The van der Waals surface area contributed by atoms with Crippen LogP contribution in [-0.4, -0.2) is 10.9 Å². The summed E-state index contributed by atoms with van der Waals surface area (Å²) >= 11 is 1.58. The van der Waals surface area contributed by atoms with Gasteiger partial charge in [-0.15, -0.1) is 0 Å². The fraction of sp³-hybridized carbons (Fsp3) is 0.0625. The Bertz CT molecular complexity index is 775. The minimum Gasteiger partial charge on any atom is -0.257 e. The normalized spacial score (nSPS) is 20.9. The van der Waals surface area contributed by atoms with Crippen LogP contribution in [0.2, 0.25) is 0 Å². The van der Waals surface area contributed by atoms with Crippen molar-refractivity contribution in [2.75, 3.05) is 0 Å². The Morgan fingerprint density at radius 3 is 3.26 bits per heavy atom. The molecule has 3 rings (SSSR count). The van der Waals surface area contributed by atoms with E-state index in [4.69, 9.17) is 0 Å². The number of hydrogen-bond donors (Lipinski definition) is 0. The molecule has 1 aromatic rings. The highest BCUT2D eigenvalue weighted by Crippen LogP contribution is 2.31. The van der Waals surface area contributed by atoms with Gasteiger partial charge in [0.25, 0.3) is 0 Å². The summed E-state index contributed by atoms with van der Waals surface area (Å²) in [6.07, 6.45) is 12.7. The molecular formula is C16H12N2S. The molecule has 0 amide bonds. The summed E-state index contributed by atoms with van der Waals surface area (Å²) in [5, 5.41) is 3.05. The van der Waals surface area contributed by atoms with E-state index in [0.717, 1.165) is 26.9 Å². The number of nitrogens with zero attached hydrogens (tertiary/aromatic N) is 2. The maximum Gasteiger partial charge on any atom is 0.114 e. The second kappa shape index (κ2) is 5.27. The Labute approximate surface area is 116 Å². The average molecular weight is 264 g/mol. The maximum absolute atomic E-state index is 4.42. The summed E-state index contributed by atoms with van der Waals surface area (Å²) < 4.78 is 0. The molecule has 0 radical (unpaired) electrons. The van der Waals surface area contributed by atoms with Crippen molar-refractivity contribution in [3.05, 3.63) is 69.2 Å². The Kier molecular flexibility index (Phi) is 3.32. The van der Waals surface area contributed by atoms with Crippen LogP contribution in [0.15, 0.2) is 63.6 Å². The molecule has 2 nitrogen and oxygen atoms in total. The van der Waals surface area contributed by atoms with Crippen molar-refractivity contribution in [3.63, 3.8) is 0 Å². The van der Waals surface area contributed by atoms with Crippen LogP contribution in [0, 0.1) is 0 Å². The summed E-state index contributed by atoms with van der Waals surface area (Å²) in [7, 11) is 0. The lowest BCUT2D eigenvalue weighted by Gasteiger charge is -2.03. The monoisotopic (exact) mass is 264 g/mol. The van der Waals surface area contributed by atoms with E-state index in [1.807, 2.05) is 30.5 Å². The van der Waals surface area contributed by atoms with Crippen molar-refractivity contribution in [1.29, 1.82) is 0 Å². The van der Waals surface area contributed by atoms with Gasteiger partial charge in [-0.2, -0.15) is 4.99 Å². The number of hydrogen-bond acceptors (Lipinski definition) is 3. The molecule has 1 aromatic heterocycles. The lowest BCUT2D eigenvalue weighted by atomic mass is 10.1. The first-order chi connectivity index (χ1) is 9.33. The van der Waals surface area contributed by atoms with Gasteiger partial charge in [-0.3, -0.25) is 4.98 Å². The van der Waals surface area contributed by atoms with Crippen LogP contribution in [0.1, 0.15) is 6.42 Å². The van der Waals surface area contributed by atoms with Crippen molar-refractivity contribution in [3.8, 4) is 0 Å². The minimum atomic E-state index is 0.809. The van der Waals surface area contributed by atoms with E-state index in [9.17, 15) is 0 Å². The molecule has 19 heavy (non-hydrogen) atoms.